The summed E-state index contributed by atoms with van der Waals surface area (Å²) in [6, 6.07) is 10.1. The Hall–Kier alpha value is -1.82. The molecule has 0 spiro atoms. The van der Waals surface area contributed by atoms with Gasteiger partial charge in [-0.05, 0) is 148 Å². The maximum absolute atomic E-state index is 12.6. The molecule has 0 unspecified atom stereocenters. The number of nitrogens with zero attached hydrogens (tertiary/aromatic N) is 2. The molecule has 2 aromatic carbocycles. The minimum atomic E-state index is 0. The Morgan fingerprint density at radius 1 is 0.207 bits per heavy atom. The van der Waals surface area contributed by atoms with Crippen molar-refractivity contribution in [2.75, 3.05) is 0 Å². The van der Waals surface area contributed by atoms with Crippen LogP contribution in [-0.2, 0) is 58.9 Å². The van der Waals surface area contributed by atoms with E-state index in [1.54, 1.807) is 38.1 Å². The number of aryl methyl sites for hydroxylation is 4. The first-order valence-electron chi connectivity index (χ1n) is 53.6. The Kier molecular flexibility index (Phi) is 89.5. The maximum Gasteiger partial charge on any atom is 2.00 e. The topological polar surface area (TPSA) is 25.3 Å². The van der Waals surface area contributed by atoms with Gasteiger partial charge < -0.3 is 19.4 Å². The molecule has 116 heavy (non-hydrogen) atoms. The summed E-state index contributed by atoms with van der Waals surface area (Å²) >= 11 is 0. The summed E-state index contributed by atoms with van der Waals surface area (Å²) in [7, 11) is 0. The van der Waals surface area contributed by atoms with Gasteiger partial charge in [-0.3, -0.25) is 0 Å². The number of allylic oxidation sites excluding steroid dienone is 2. The van der Waals surface area contributed by atoms with Crippen molar-refractivity contribution >= 4 is 11.4 Å². The summed E-state index contributed by atoms with van der Waals surface area (Å²) in [6.07, 6.45) is 121. The average molecular weight is 1700 g/mol. The molecule has 0 saturated heterocycles. The van der Waals surface area contributed by atoms with Gasteiger partial charge in [0.25, 0.3) is 0 Å². The Labute approximate surface area is 745 Å². The predicted molar refractivity (Wildman–Crippen MR) is 525 cm³/mol. The van der Waals surface area contributed by atoms with E-state index in [1.165, 1.54) is 518 Å². The van der Waals surface area contributed by atoms with E-state index in [-0.39, 0.29) is 20.4 Å². The van der Waals surface area contributed by atoms with Crippen LogP contribution in [0.3, 0.4) is 0 Å². The summed E-state index contributed by atoms with van der Waals surface area (Å²) in [5.41, 5.74) is 28.0. The van der Waals surface area contributed by atoms with Crippen molar-refractivity contribution in [3.63, 3.8) is 0 Å². The molecule has 0 aliphatic carbocycles. The van der Waals surface area contributed by atoms with E-state index in [4.69, 9.17) is 0 Å². The van der Waals surface area contributed by atoms with Crippen molar-refractivity contribution in [2.24, 2.45) is 0 Å². The van der Waals surface area contributed by atoms with Gasteiger partial charge in [-0.25, -0.2) is 4.70 Å². The van der Waals surface area contributed by atoms with Gasteiger partial charge in [0.05, 0.1) is 0 Å². The molecule has 0 fully saturated rings. The number of hydrogen-bond acceptors (Lipinski definition) is 0. The first-order chi connectivity index (χ1) is 56.8. The fraction of sp³-hybridized carbons (Fsp3) is 0.841. The van der Waals surface area contributed by atoms with Crippen molar-refractivity contribution in [3.8, 4) is 0 Å². The van der Waals surface area contributed by atoms with Crippen molar-refractivity contribution in [1.82, 2.24) is 0 Å². The monoisotopic (exact) mass is 1700 g/mol. The van der Waals surface area contributed by atoms with Gasteiger partial charge in [0.15, 0.2) is 0 Å². The zero-order valence-corrected chi connectivity index (χ0v) is 82.4. The zero-order valence-electron chi connectivity index (χ0n) is 80.8. The minimum absolute atomic E-state index is 0. The van der Waals surface area contributed by atoms with E-state index >= 15 is 0 Å². The van der Waals surface area contributed by atoms with Crippen LogP contribution in [0.25, 0.3) is 16.9 Å². The smallest absolute Gasteiger partial charge is 0.493 e. The molecule has 0 radical (unpaired) electrons. The van der Waals surface area contributed by atoms with Gasteiger partial charge in [0, 0.05) is 22.8 Å². The van der Waals surface area contributed by atoms with Crippen LogP contribution in [0.2, 0.25) is 0 Å². The SMILES string of the molecule is CCCCCCCCc1c(CCCCC)cc(C2=CC(CCCCC)=C(c3cc(CCCCC)c(CCCCCCCC)c(CCCCC)c3)[N+]2=[N-])cc1CCCCC.[CH2-]CCCCCCCCCCCCCCCCCCCCCCCCCCC.[CH2-]CCCCCCCCCCCCCCCCCCCCCCCCCCC.[Pd+2]. The van der Waals surface area contributed by atoms with Gasteiger partial charge in [0.1, 0.15) is 0 Å². The predicted octanol–water partition coefficient (Wildman–Crippen LogP) is 40.8. The van der Waals surface area contributed by atoms with Crippen LogP contribution >= 0.6 is 0 Å². The molecule has 1 aliphatic heterocycles. The van der Waals surface area contributed by atoms with Crippen LogP contribution in [-0.4, -0.2) is 4.70 Å². The second-order valence-corrected chi connectivity index (χ2v) is 37.3. The number of benzene rings is 2. The van der Waals surface area contributed by atoms with E-state index in [2.05, 4.69) is 107 Å². The van der Waals surface area contributed by atoms with Crippen molar-refractivity contribution in [3.05, 3.63) is 99.8 Å². The zero-order chi connectivity index (χ0) is 83.3. The molecule has 0 aromatic heterocycles. The van der Waals surface area contributed by atoms with E-state index in [9.17, 15) is 5.53 Å². The van der Waals surface area contributed by atoms with Crippen molar-refractivity contribution in [2.45, 2.75) is 615 Å². The van der Waals surface area contributed by atoms with Gasteiger partial charge in [-0.15, -0.1) is 0 Å². The summed E-state index contributed by atoms with van der Waals surface area (Å²) < 4.78 is 1.66. The Balaban J connectivity index is 0.00000194. The van der Waals surface area contributed by atoms with Crippen LogP contribution in [0.15, 0.2) is 35.9 Å². The summed E-state index contributed by atoms with van der Waals surface area (Å²) in [4.78, 5) is 0. The third kappa shape index (κ3) is 65.8. The molecule has 0 atom stereocenters. The van der Waals surface area contributed by atoms with Crippen LogP contribution < -0.4 is 0 Å². The van der Waals surface area contributed by atoms with Gasteiger partial charge in [-0.2, -0.15) is 12.8 Å². The van der Waals surface area contributed by atoms with Crippen molar-refractivity contribution in [1.29, 1.82) is 0 Å². The summed E-state index contributed by atoms with van der Waals surface area (Å²) in [5, 5.41) is 0. The standard InChI is InChI=1S/C57H94N2.2C28H57.Pd/c1-8-15-22-24-26-33-40-54-47(35-28-17-10-3)42-52(43-48(54)36-29-18-11-4)56-46-51(39-32-21-14-7)57(59(56)58)53-44-49(37-30-19-12-5)55(41-34-27-25-23-16-9-2)50(45-53)38-31-20-13-6;2*1-3-5-7-9-11-13-15-17-19-21-23-25-27-28-26-24-22-20-18-16-14-12-10-8-6-4-2;/h42-46H,8-41H2,1-7H3;2*1,3-28H2,2H3;/q;2*-1;+2. The van der Waals surface area contributed by atoms with Gasteiger partial charge in [-0.1, -0.05) is 512 Å². The second kappa shape index (κ2) is 90.9. The first-order valence-corrected chi connectivity index (χ1v) is 53.6. The van der Waals surface area contributed by atoms with E-state index < -0.39 is 0 Å². The Morgan fingerprint density at radius 2 is 0.371 bits per heavy atom. The molecule has 3 heteroatoms. The molecule has 2 aromatic rings. The van der Waals surface area contributed by atoms with Crippen molar-refractivity contribution < 1.29 is 25.1 Å². The average Bonchev–Trinajstić information content (AvgIpc) is 1.60. The number of unbranched alkanes of at least 4 members (excludes halogenated alkanes) is 70. The molecular weight excluding hydrogens is 1490 g/mol. The van der Waals surface area contributed by atoms with Gasteiger partial charge in [0.2, 0.25) is 11.4 Å². The molecule has 1 aliphatic rings. The molecule has 0 amide bonds. The Bertz CT molecular complexity index is 2260. The van der Waals surface area contributed by atoms with Crippen LogP contribution in [0.5, 0.6) is 0 Å². The van der Waals surface area contributed by atoms with Crippen LogP contribution in [0.1, 0.15) is 620 Å². The molecular formula is C113H208N2Pd. The normalized spacial score (nSPS) is 12.1. The molecule has 0 saturated carbocycles. The largest absolute Gasteiger partial charge is 2.00 e. The summed E-state index contributed by atoms with van der Waals surface area (Å²) in [6.45, 7) is 28.7. The fourth-order valence-corrected chi connectivity index (χ4v) is 18.3. The first kappa shape index (κ1) is 114. The molecule has 1 heterocycles. The third-order valence-corrected chi connectivity index (χ3v) is 26.0. The van der Waals surface area contributed by atoms with Crippen LogP contribution in [0, 0.1) is 13.8 Å². The number of rotatable bonds is 86. The maximum atomic E-state index is 12.6. The molecule has 2 nitrogen and oxygen atoms in total. The van der Waals surface area contributed by atoms with E-state index in [0.717, 1.165) is 62.8 Å². The quantitative estimate of drug-likeness (QED) is 0.0273. The molecule has 0 N–H and O–H groups in total. The van der Waals surface area contributed by atoms with E-state index in [0.29, 0.717) is 0 Å². The number of hydrogen-bond donors (Lipinski definition) is 0. The third-order valence-electron chi connectivity index (χ3n) is 26.0. The molecule has 3 rings (SSSR count). The van der Waals surface area contributed by atoms with Gasteiger partial charge >= 0.3 is 20.4 Å². The van der Waals surface area contributed by atoms with Crippen LogP contribution in [0.4, 0.5) is 0 Å². The summed E-state index contributed by atoms with van der Waals surface area (Å²) in [5.74, 6) is 0. The molecule has 0 bridgehead atoms. The second-order valence-electron chi connectivity index (χ2n) is 37.3. The molecule has 680 valence electrons. The minimum Gasteiger partial charge on any atom is -0.493 e. The Morgan fingerprint density at radius 3 is 0.578 bits per heavy atom. The fourth-order valence-electron chi connectivity index (χ4n) is 18.3. The van der Waals surface area contributed by atoms with E-state index in [1.807, 2.05) is 0 Å².